The maximum Gasteiger partial charge on any atom is 0.307 e. The first-order valence-electron chi connectivity index (χ1n) is 4.08. The van der Waals surface area contributed by atoms with Gasteiger partial charge in [0.15, 0.2) is 0 Å². The van der Waals surface area contributed by atoms with Gasteiger partial charge in [-0.3, -0.25) is 4.79 Å². The van der Waals surface area contributed by atoms with Gasteiger partial charge in [0.1, 0.15) is 0 Å². The molecule has 0 aromatic carbocycles. The molecule has 4 saturated carbocycles. The Balaban J connectivity index is 1.97. The number of hydrogen-bond donors (Lipinski definition) is 1. The van der Waals surface area contributed by atoms with Crippen LogP contribution in [0.3, 0.4) is 0 Å². The van der Waals surface area contributed by atoms with Gasteiger partial charge in [0.05, 0.1) is 5.92 Å². The second-order valence-electron chi connectivity index (χ2n) is 4.03. The maximum absolute atomic E-state index is 10.8. The van der Waals surface area contributed by atoms with Crippen molar-refractivity contribution in [2.24, 2.45) is 29.6 Å². The molecule has 0 aromatic heterocycles. The smallest absolute Gasteiger partial charge is 0.307 e. The molecule has 0 radical (unpaired) electrons. The minimum Gasteiger partial charge on any atom is -0.481 e. The molecule has 4 bridgehead atoms. The van der Waals surface area contributed by atoms with Crippen LogP contribution >= 0.6 is 11.6 Å². The Morgan fingerprint density at radius 2 is 2.09 bits per heavy atom. The fourth-order valence-electron chi connectivity index (χ4n) is 3.40. The summed E-state index contributed by atoms with van der Waals surface area (Å²) in [6, 6.07) is 0. The van der Waals surface area contributed by atoms with Gasteiger partial charge in [0.25, 0.3) is 0 Å². The van der Waals surface area contributed by atoms with Crippen molar-refractivity contribution < 1.29 is 9.90 Å². The summed E-state index contributed by atoms with van der Waals surface area (Å²) in [5, 5.41) is 9.05. The summed E-state index contributed by atoms with van der Waals surface area (Å²) in [4.78, 5) is 10.8. The highest BCUT2D eigenvalue weighted by molar-refractivity contribution is 6.22. The number of rotatable bonds is 1. The minimum atomic E-state index is -0.617. The first kappa shape index (κ1) is 6.30. The van der Waals surface area contributed by atoms with Crippen molar-refractivity contribution in [3.8, 4) is 0 Å². The summed E-state index contributed by atoms with van der Waals surface area (Å²) in [7, 11) is 0. The summed E-state index contributed by atoms with van der Waals surface area (Å²) < 4.78 is 0. The Bertz CT molecular complexity index is 240. The monoisotopic (exact) mass is 172 g/mol. The Kier molecular flexibility index (Phi) is 0.905. The van der Waals surface area contributed by atoms with E-state index in [1.54, 1.807) is 0 Å². The minimum absolute atomic E-state index is 0.0903. The fourth-order valence-corrected chi connectivity index (χ4v) is 4.02. The van der Waals surface area contributed by atoms with Crippen molar-refractivity contribution in [2.45, 2.75) is 11.8 Å². The van der Waals surface area contributed by atoms with E-state index in [9.17, 15) is 4.79 Å². The fraction of sp³-hybridized carbons (Fsp3) is 0.875. The Hall–Kier alpha value is -0.240. The van der Waals surface area contributed by atoms with Crippen LogP contribution in [0, 0.1) is 29.6 Å². The van der Waals surface area contributed by atoms with Gasteiger partial charge < -0.3 is 5.11 Å². The third-order valence-corrected chi connectivity index (χ3v) is 4.39. The van der Waals surface area contributed by atoms with Crippen LogP contribution in [-0.2, 0) is 4.79 Å². The summed E-state index contributed by atoms with van der Waals surface area (Å²) in [6.07, 6.45) is 1.08. The van der Waals surface area contributed by atoms with Gasteiger partial charge in [-0.25, -0.2) is 0 Å². The van der Waals surface area contributed by atoms with Gasteiger partial charge in [-0.2, -0.15) is 0 Å². The number of hydrogen-bond acceptors (Lipinski definition) is 1. The molecular formula is C8H9ClO2. The second kappa shape index (κ2) is 1.58. The summed E-state index contributed by atoms with van der Waals surface area (Å²) >= 11 is 6.07. The van der Waals surface area contributed by atoms with Crippen LogP contribution in [0.5, 0.6) is 0 Å². The molecule has 0 saturated heterocycles. The van der Waals surface area contributed by atoms with E-state index in [-0.39, 0.29) is 11.3 Å². The van der Waals surface area contributed by atoms with E-state index < -0.39 is 5.97 Å². The van der Waals surface area contributed by atoms with Gasteiger partial charge in [-0.15, -0.1) is 11.6 Å². The van der Waals surface area contributed by atoms with E-state index in [0.29, 0.717) is 23.7 Å². The van der Waals surface area contributed by atoms with Crippen molar-refractivity contribution in [2.75, 3.05) is 0 Å². The van der Waals surface area contributed by atoms with Crippen LogP contribution in [0.4, 0.5) is 0 Å². The average Bonchev–Trinajstić information content (AvgIpc) is 2.33. The largest absolute Gasteiger partial charge is 0.481 e. The zero-order chi connectivity index (χ0) is 7.75. The molecule has 3 heteroatoms. The van der Waals surface area contributed by atoms with Gasteiger partial charge >= 0.3 is 5.97 Å². The molecule has 4 fully saturated rings. The molecule has 11 heavy (non-hydrogen) atoms. The molecule has 2 nitrogen and oxygen atoms in total. The average molecular weight is 173 g/mol. The molecule has 0 amide bonds. The van der Waals surface area contributed by atoms with Crippen LogP contribution in [0.2, 0.25) is 0 Å². The van der Waals surface area contributed by atoms with Crippen molar-refractivity contribution in [3.05, 3.63) is 0 Å². The van der Waals surface area contributed by atoms with E-state index in [4.69, 9.17) is 16.7 Å². The maximum atomic E-state index is 10.8. The normalized spacial score (nSPS) is 63.4. The molecule has 1 N–H and O–H groups in total. The lowest BCUT2D eigenvalue weighted by atomic mass is 9.99. The van der Waals surface area contributed by atoms with Gasteiger partial charge in [-0.05, 0) is 30.1 Å². The number of alkyl halides is 1. The van der Waals surface area contributed by atoms with Crippen LogP contribution < -0.4 is 0 Å². The predicted octanol–water partition coefficient (Wildman–Crippen LogP) is 1.19. The molecule has 0 heterocycles. The standard InChI is InChI=1S/C8H9ClO2/c9-7-3-1-2-4(5(2)7)6(3)8(10)11/h2-7H,1H2,(H,10,11)/t2-,3-,4+,5-,6+,7-/m1/s1. The van der Waals surface area contributed by atoms with E-state index in [1.807, 2.05) is 0 Å². The topological polar surface area (TPSA) is 37.3 Å². The molecule has 6 atom stereocenters. The number of carboxylic acid groups (broad SMARTS) is 1. The number of halogens is 1. The van der Waals surface area contributed by atoms with Crippen LogP contribution in [0.25, 0.3) is 0 Å². The third kappa shape index (κ3) is 0.516. The van der Waals surface area contributed by atoms with Crippen LogP contribution in [0.15, 0.2) is 0 Å². The van der Waals surface area contributed by atoms with Gasteiger partial charge in [-0.1, -0.05) is 0 Å². The highest BCUT2D eigenvalue weighted by Gasteiger charge is 2.74. The number of aliphatic carboxylic acids is 1. The first-order chi connectivity index (χ1) is 5.22. The van der Waals surface area contributed by atoms with Crippen LogP contribution in [0.1, 0.15) is 6.42 Å². The molecule has 0 aromatic rings. The lowest BCUT2D eigenvalue weighted by Gasteiger charge is -2.10. The molecule has 4 aliphatic rings. The van der Waals surface area contributed by atoms with Gasteiger partial charge in [0.2, 0.25) is 0 Å². The SMILES string of the molecule is O=C(O)[C@H]1[C@H]2C[C@H]3[C@@H]([C@@H]2Cl)[C@H]31. The highest BCUT2D eigenvalue weighted by atomic mass is 35.5. The van der Waals surface area contributed by atoms with Crippen molar-refractivity contribution in [1.82, 2.24) is 0 Å². The van der Waals surface area contributed by atoms with E-state index in [0.717, 1.165) is 6.42 Å². The molecule has 0 aliphatic heterocycles. The van der Waals surface area contributed by atoms with Gasteiger partial charge in [0, 0.05) is 5.38 Å². The number of carboxylic acids is 1. The molecule has 0 unspecified atom stereocenters. The Morgan fingerprint density at radius 1 is 1.36 bits per heavy atom. The van der Waals surface area contributed by atoms with Crippen molar-refractivity contribution in [1.29, 1.82) is 0 Å². The molecule has 0 spiro atoms. The lowest BCUT2D eigenvalue weighted by molar-refractivity contribution is -0.143. The van der Waals surface area contributed by atoms with E-state index in [1.165, 1.54) is 0 Å². The van der Waals surface area contributed by atoms with Crippen molar-refractivity contribution in [3.63, 3.8) is 0 Å². The zero-order valence-corrected chi connectivity index (χ0v) is 6.66. The number of carbonyl (C=O) groups is 1. The molecular weight excluding hydrogens is 164 g/mol. The third-order valence-electron chi connectivity index (χ3n) is 3.77. The second-order valence-corrected chi connectivity index (χ2v) is 4.53. The molecule has 4 aliphatic carbocycles. The summed E-state index contributed by atoms with van der Waals surface area (Å²) in [5.41, 5.74) is 0. The highest BCUT2D eigenvalue weighted by Crippen LogP contribution is 2.74. The van der Waals surface area contributed by atoms with Crippen LogP contribution in [-0.4, -0.2) is 16.5 Å². The lowest BCUT2D eigenvalue weighted by Crippen LogP contribution is -2.20. The quantitative estimate of drug-likeness (QED) is 0.604. The van der Waals surface area contributed by atoms with E-state index in [2.05, 4.69) is 0 Å². The van der Waals surface area contributed by atoms with E-state index >= 15 is 0 Å². The Morgan fingerprint density at radius 3 is 2.27 bits per heavy atom. The predicted molar refractivity (Wildman–Crippen MR) is 39.3 cm³/mol. The first-order valence-corrected chi connectivity index (χ1v) is 4.52. The summed E-state index contributed by atoms with van der Waals surface area (Å²) in [5.74, 6) is 1.31. The zero-order valence-electron chi connectivity index (χ0n) is 5.90. The molecule has 4 rings (SSSR count). The van der Waals surface area contributed by atoms with Crippen molar-refractivity contribution >= 4 is 17.6 Å². The molecule has 60 valence electrons. The summed E-state index contributed by atoms with van der Waals surface area (Å²) in [6.45, 7) is 0. The Labute approximate surface area is 69.5 Å².